The largest absolute Gasteiger partial charge is 0.478 e. The number of aliphatic carboxylic acids is 1. The lowest BCUT2D eigenvalue weighted by Gasteiger charge is -2.37. The summed E-state index contributed by atoms with van der Waals surface area (Å²) in [7, 11) is 0. The number of allylic oxidation sites excluding steroid dienone is 1. The van der Waals surface area contributed by atoms with Gasteiger partial charge in [-0.15, -0.1) is 0 Å². The second-order valence-electron chi connectivity index (χ2n) is 5.23. The molecule has 2 heterocycles. The minimum atomic E-state index is -0.865. The Balaban J connectivity index is 1.99. The zero-order valence-corrected chi connectivity index (χ0v) is 10.2. The molecular weight excluding hydrogens is 234 g/mol. The SMILES string of the molecule is CC1CN2C=C(C(=O)O)C3CC=C(CO)C3[C@H]2O1. The van der Waals surface area contributed by atoms with Gasteiger partial charge < -0.3 is 19.8 Å². The topological polar surface area (TPSA) is 70.0 Å². The Morgan fingerprint density at radius 2 is 2.39 bits per heavy atom. The molecule has 0 aromatic heterocycles. The molecule has 0 bridgehead atoms. The molecule has 0 amide bonds. The normalized spacial score (nSPS) is 38.0. The summed E-state index contributed by atoms with van der Waals surface area (Å²) in [6.45, 7) is 2.68. The summed E-state index contributed by atoms with van der Waals surface area (Å²) in [5.74, 6) is -0.942. The number of aliphatic hydroxyl groups excluding tert-OH is 1. The summed E-state index contributed by atoms with van der Waals surface area (Å²) in [5.41, 5.74) is 1.35. The van der Waals surface area contributed by atoms with E-state index in [2.05, 4.69) is 0 Å². The van der Waals surface area contributed by atoms with Crippen LogP contribution in [-0.4, -0.2) is 46.6 Å². The van der Waals surface area contributed by atoms with Crippen LogP contribution < -0.4 is 0 Å². The van der Waals surface area contributed by atoms with Crippen LogP contribution in [0.4, 0.5) is 0 Å². The van der Waals surface area contributed by atoms with Crippen LogP contribution in [-0.2, 0) is 9.53 Å². The number of hydrogen-bond acceptors (Lipinski definition) is 4. The van der Waals surface area contributed by atoms with E-state index in [-0.39, 0.29) is 30.8 Å². The molecule has 0 saturated carbocycles. The van der Waals surface area contributed by atoms with Crippen LogP contribution in [0.3, 0.4) is 0 Å². The molecule has 18 heavy (non-hydrogen) atoms. The fourth-order valence-electron chi connectivity index (χ4n) is 3.36. The van der Waals surface area contributed by atoms with Crippen LogP contribution in [0.2, 0.25) is 0 Å². The highest BCUT2D eigenvalue weighted by molar-refractivity contribution is 5.87. The van der Waals surface area contributed by atoms with E-state index in [0.29, 0.717) is 18.5 Å². The van der Waals surface area contributed by atoms with Crippen molar-refractivity contribution >= 4 is 5.97 Å². The monoisotopic (exact) mass is 251 g/mol. The molecule has 3 rings (SSSR count). The fraction of sp³-hybridized carbons (Fsp3) is 0.615. The van der Waals surface area contributed by atoms with Gasteiger partial charge in [-0.05, 0) is 18.9 Å². The number of carbonyl (C=O) groups is 1. The van der Waals surface area contributed by atoms with Crippen molar-refractivity contribution in [1.82, 2.24) is 4.90 Å². The molecule has 1 aliphatic carbocycles. The summed E-state index contributed by atoms with van der Waals surface area (Å²) in [6.07, 6.45) is 4.35. The summed E-state index contributed by atoms with van der Waals surface area (Å²) in [4.78, 5) is 13.3. The zero-order chi connectivity index (χ0) is 12.9. The van der Waals surface area contributed by atoms with Crippen LogP contribution >= 0.6 is 0 Å². The van der Waals surface area contributed by atoms with Gasteiger partial charge in [-0.1, -0.05) is 6.08 Å². The Hall–Kier alpha value is -1.33. The Labute approximate surface area is 105 Å². The molecule has 2 aliphatic heterocycles. The Morgan fingerprint density at radius 3 is 3.06 bits per heavy atom. The van der Waals surface area contributed by atoms with Crippen LogP contribution in [0.5, 0.6) is 0 Å². The molecule has 5 heteroatoms. The minimum Gasteiger partial charge on any atom is -0.478 e. The van der Waals surface area contributed by atoms with Crippen molar-refractivity contribution in [1.29, 1.82) is 0 Å². The number of hydrogen-bond donors (Lipinski definition) is 2. The smallest absolute Gasteiger partial charge is 0.333 e. The lowest BCUT2D eigenvalue weighted by Crippen LogP contribution is -2.43. The summed E-state index contributed by atoms with van der Waals surface area (Å²) < 4.78 is 5.88. The highest BCUT2D eigenvalue weighted by atomic mass is 16.5. The standard InChI is InChI=1S/C13H17NO4/c1-7-4-14-5-10(13(16)17)9-3-2-8(6-15)11(9)12(14)18-7/h2,5,7,9,11-12,15H,3-4,6H2,1H3,(H,16,17)/t7?,9?,11?,12-/m1/s1. The molecular formula is C13H17NO4. The maximum Gasteiger partial charge on any atom is 0.333 e. The Morgan fingerprint density at radius 1 is 1.61 bits per heavy atom. The summed E-state index contributed by atoms with van der Waals surface area (Å²) in [6, 6.07) is 0. The van der Waals surface area contributed by atoms with Gasteiger partial charge in [0.2, 0.25) is 0 Å². The van der Waals surface area contributed by atoms with Crippen molar-refractivity contribution < 1.29 is 19.7 Å². The third-order valence-corrected chi connectivity index (χ3v) is 4.10. The maximum absolute atomic E-state index is 11.3. The minimum absolute atomic E-state index is 0.0175. The molecule has 0 aromatic rings. The van der Waals surface area contributed by atoms with Gasteiger partial charge in [0.25, 0.3) is 0 Å². The predicted molar refractivity (Wildman–Crippen MR) is 63.5 cm³/mol. The van der Waals surface area contributed by atoms with Crippen LogP contribution in [0.15, 0.2) is 23.4 Å². The van der Waals surface area contributed by atoms with Gasteiger partial charge in [0.05, 0.1) is 18.3 Å². The van der Waals surface area contributed by atoms with Gasteiger partial charge in [-0.3, -0.25) is 0 Å². The van der Waals surface area contributed by atoms with E-state index >= 15 is 0 Å². The van der Waals surface area contributed by atoms with E-state index in [4.69, 9.17) is 4.74 Å². The first-order valence-electron chi connectivity index (χ1n) is 6.28. The van der Waals surface area contributed by atoms with E-state index in [9.17, 15) is 15.0 Å². The van der Waals surface area contributed by atoms with E-state index in [1.54, 1.807) is 6.20 Å². The molecule has 3 aliphatic rings. The van der Waals surface area contributed by atoms with Gasteiger partial charge in [0, 0.05) is 24.6 Å². The molecule has 0 spiro atoms. The van der Waals surface area contributed by atoms with Crippen molar-refractivity contribution in [3.63, 3.8) is 0 Å². The van der Waals surface area contributed by atoms with E-state index < -0.39 is 5.97 Å². The van der Waals surface area contributed by atoms with Crippen LogP contribution in [0, 0.1) is 11.8 Å². The van der Waals surface area contributed by atoms with E-state index in [0.717, 1.165) is 5.57 Å². The number of nitrogens with zero attached hydrogens (tertiary/aromatic N) is 1. The molecule has 1 fully saturated rings. The van der Waals surface area contributed by atoms with Crippen LogP contribution in [0.25, 0.3) is 0 Å². The second kappa shape index (κ2) is 4.10. The number of carboxylic acid groups (broad SMARTS) is 1. The second-order valence-corrected chi connectivity index (χ2v) is 5.23. The maximum atomic E-state index is 11.3. The molecule has 4 atom stereocenters. The number of aliphatic hydroxyl groups is 1. The van der Waals surface area contributed by atoms with Crippen molar-refractivity contribution in [2.75, 3.05) is 13.2 Å². The van der Waals surface area contributed by atoms with Gasteiger partial charge in [0.15, 0.2) is 0 Å². The lowest BCUT2D eigenvalue weighted by molar-refractivity contribution is -0.134. The first-order chi connectivity index (χ1) is 8.61. The van der Waals surface area contributed by atoms with Gasteiger partial charge in [-0.2, -0.15) is 0 Å². The summed E-state index contributed by atoms with van der Waals surface area (Å²) in [5, 5.41) is 18.7. The van der Waals surface area contributed by atoms with Crippen molar-refractivity contribution in [3.05, 3.63) is 23.4 Å². The molecule has 2 N–H and O–H groups in total. The van der Waals surface area contributed by atoms with Gasteiger partial charge >= 0.3 is 5.97 Å². The third-order valence-electron chi connectivity index (χ3n) is 4.10. The fourth-order valence-corrected chi connectivity index (χ4v) is 3.36. The number of ether oxygens (including phenoxy) is 1. The van der Waals surface area contributed by atoms with Gasteiger partial charge in [0.1, 0.15) is 6.23 Å². The molecule has 1 saturated heterocycles. The first kappa shape index (κ1) is 11.7. The lowest BCUT2D eigenvalue weighted by atomic mass is 9.81. The summed E-state index contributed by atoms with van der Waals surface area (Å²) >= 11 is 0. The highest BCUT2D eigenvalue weighted by Gasteiger charge is 2.48. The zero-order valence-electron chi connectivity index (χ0n) is 10.2. The average Bonchev–Trinajstić information content (AvgIpc) is 2.88. The number of fused-ring (bicyclic) bond motifs is 3. The molecule has 5 nitrogen and oxygen atoms in total. The molecule has 0 aromatic carbocycles. The Kier molecular flexibility index (Phi) is 2.68. The third kappa shape index (κ3) is 1.58. The van der Waals surface area contributed by atoms with E-state index in [1.807, 2.05) is 17.9 Å². The molecule has 3 unspecified atom stereocenters. The number of carboxylic acids is 1. The highest BCUT2D eigenvalue weighted by Crippen LogP contribution is 2.46. The first-order valence-corrected chi connectivity index (χ1v) is 6.28. The Bertz CT molecular complexity index is 442. The van der Waals surface area contributed by atoms with Crippen molar-refractivity contribution in [2.24, 2.45) is 11.8 Å². The van der Waals surface area contributed by atoms with Crippen molar-refractivity contribution in [3.8, 4) is 0 Å². The predicted octanol–water partition coefficient (Wildman–Crippen LogP) is 0.570. The number of rotatable bonds is 2. The molecule has 0 radical (unpaired) electrons. The molecule has 98 valence electrons. The van der Waals surface area contributed by atoms with E-state index in [1.165, 1.54) is 0 Å². The average molecular weight is 251 g/mol. The van der Waals surface area contributed by atoms with Crippen molar-refractivity contribution in [2.45, 2.75) is 25.7 Å². The van der Waals surface area contributed by atoms with Gasteiger partial charge in [-0.25, -0.2) is 4.79 Å². The quantitative estimate of drug-likeness (QED) is 0.702. The van der Waals surface area contributed by atoms with Crippen LogP contribution in [0.1, 0.15) is 13.3 Å².